The molecule has 1 aromatic heterocycles. The van der Waals surface area contributed by atoms with Crippen LogP contribution in [0.25, 0.3) is 27.9 Å². The van der Waals surface area contributed by atoms with Gasteiger partial charge in [0.15, 0.2) is 0 Å². The van der Waals surface area contributed by atoms with Gasteiger partial charge in [0.2, 0.25) is 0 Å². The van der Waals surface area contributed by atoms with E-state index in [1.165, 1.54) is 6.20 Å². The third-order valence-corrected chi connectivity index (χ3v) is 4.27. The highest BCUT2D eigenvalue weighted by atomic mass is 16.4. The van der Waals surface area contributed by atoms with Gasteiger partial charge in [0.25, 0.3) is 0 Å². The molecule has 0 fully saturated rings. The third kappa shape index (κ3) is 3.00. The number of rotatable bonds is 4. The number of benzene rings is 3. The van der Waals surface area contributed by atoms with Gasteiger partial charge in [-0.15, -0.1) is 0 Å². The van der Waals surface area contributed by atoms with Crippen LogP contribution in [0.15, 0.2) is 91.3 Å². The molecule has 4 rings (SSSR count). The average Bonchev–Trinajstić information content (AvgIpc) is 3.19. The highest BCUT2D eigenvalue weighted by Gasteiger charge is 2.13. The largest absolute Gasteiger partial charge is 0.478 e. The fourth-order valence-corrected chi connectivity index (χ4v) is 2.96. The zero-order valence-corrected chi connectivity index (χ0v) is 13.9. The maximum atomic E-state index is 11.2. The summed E-state index contributed by atoms with van der Waals surface area (Å²) in [7, 11) is 0. The number of carboxylic acids is 1. The minimum Gasteiger partial charge on any atom is -0.478 e. The molecule has 1 N–H and O–H groups in total. The SMILES string of the molecule is O=C(O)c1cnn(-c2cc(-c3ccccc3)ccc2-c2ccccc2)c1. The van der Waals surface area contributed by atoms with Crippen LogP contribution < -0.4 is 0 Å². The first-order valence-corrected chi connectivity index (χ1v) is 8.25. The predicted octanol–water partition coefficient (Wildman–Crippen LogP) is 4.90. The number of hydrogen-bond acceptors (Lipinski definition) is 2. The van der Waals surface area contributed by atoms with E-state index in [-0.39, 0.29) is 5.56 Å². The Bertz CT molecular complexity index is 1050. The Morgan fingerprint density at radius 1 is 0.808 bits per heavy atom. The molecule has 4 heteroatoms. The van der Waals surface area contributed by atoms with Gasteiger partial charge in [-0.3, -0.25) is 0 Å². The van der Waals surface area contributed by atoms with E-state index in [0.29, 0.717) is 0 Å². The van der Waals surface area contributed by atoms with E-state index < -0.39 is 5.97 Å². The summed E-state index contributed by atoms with van der Waals surface area (Å²) in [4.78, 5) is 11.2. The smallest absolute Gasteiger partial charge is 0.338 e. The van der Waals surface area contributed by atoms with Gasteiger partial charge in [0, 0.05) is 11.8 Å². The molecule has 0 bridgehead atoms. The van der Waals surface area contributed by atoms with Crippen molar-refractivity contribution in [1.29, 1.82) is 0 Å². The first kappa shape index (κ1) is 15.8. The second-order valence-corrected chi connectivity index (χ2v) is 5.94. The fourth-order valence-electron chi connectivity index (χ4n) is 2.96. The number of aromatic nitrogens is 2. The van der Waals surface area contributed by atoms with E-state index in [0.717, 1.165) is 27.9 Å². The number of carbonyl (C=O) groups is 1. The van der Waals surface area contributed by atoms with Gasteiger partial charge in [-0.2, -0.15) is 5.10 Å². The van der Waals surface area contributed by atoms with Crippen LogP contribution in [0.2, 0.25) is 0 Å². The maximum Gasteiger partial charge on any atom is 0.338 e. The monoisotopic (exact) mass is 340 g/mol. The molecule has 0 amide bonds. The Morgan fingerprint density at radius 2 is 1.46 bits per heavy atom. The van der Waals surface area contributed by atoms with Gasteiger partial charge < -0.3 is 5.11 Å². The lowest BCUT2D eigenvalue weighted by atomic mass is 9.98. The molecule has 0 aliphatic heterocycles. The Balaban J connectivity index is 1.90. The molecule has 4 nitrogen and oxygen atoms in total. The molecule has 126 valence electrons. The molecule has 0 saturated heterocycles. The number of nitrogens with zero attached hydrogens (tertiary/aromatic N) is 2. The van der Waals surface area contributed by atoms with Crippen molar-refractivity contribution < 1.29 is 9.90 Å². The summed E-state index contributed by atoms with van der Waals surface area (Å²) in [5.41, 5.74) is 5.19. The topological polar surface area (TPSA) is 55.1 Å². The van der Waals surface area contributed by atoms with Crippen LogP contribution in [0.1, 0.15) is 10.4 Å². The predicted molar refractivity (Wildman–Crippen MR) is 101 cm³/mol. The van der Waals surface area contributed by atoms with E-state index in [4.69, 9.17) is 0 Å². The summed E-state index contributed by atoms with van der Waals surface area (Å²) in [6.07, 6.45) is 2.91. The van der Waals surface area contributed by atoms with Crippen LogP contribution >= 0.6 is 0 Å². The standard InChI is InChI=1S/C22H16N2O2/c25-22(26)19-14-23-24(15-19)21-13-18(16-7-3-1-4-8-16)11-12-20(21)17-9-5-2-6-10-17/h1-15H,(H,25,26). The van der Waals surface area contributed by atoms with Crippen LogP contribution in [0.5, 0.6) is 0 Å². The summed E-state index contributed by atoms with van der Waals surface area (Å²) in [5, 5.41) is 13.5. The average molecular weight is 340 g/mol. The molecular weight excluding hydrogens is 324 g/mol. The van der Waals surface area contributed by atoms with Gasteiger partial charge in [0.05, 0.1) is 17.4 Å². The lowest BCUT2D eigenvalue weighted by molar-refractivity contribution is 0.0697. The normalized spacial score (nSPS) is 10.6. The molecule has 0 radical (unpaired) electrons. The Hall–Kier alpha value is -3.66. The minimum absolute atomic E-state index is 0.161. The van der Waals surface area contributed by atoms with Crippen molar-refractivity contribution in [2.75, 3.05) is 0 Å². The maximum absolute atomic E-state index is 11.2. The molecule has 3 aromatic carbocycles. The van der Waals surface area contributed by atoms with Crippen molar-refractivity contribution in [3.63, 3.8) is 0 Å². The van der Waals surface area contributed by atoms with Crippen molar-refractivity contribution in [2.45, 2.75) is 0 Å². The number of hydrogen-bond donors (Lipinski definition) is 1. The second-order valence-electron chi connectivity index (χ2n) is 5.94. The molecule has 4 aromatic rings. The zero-order valence-electron chi connectivity index (χ0n) is 13.9. The van der Waals surface area contributed by atoms with Gasteiger partial charge >= 0.3 is 5.97 Å². The van der Waals surface area contributed by atoms with Gasteiger partial charge in [-0.05, 0) is 22.8 Å². The van der Waals surface area contributed by atoms with Crippen LogP contribution in [0, 0.1) is 0 Å². The van der Waals surface area contributed by atoms with Crippen molar-refractivity contribution in [1.82, 2.24) is 9.78 Å². The number of carboxylic acid groups (broad SMARTS) is 1. The lowest BCUT2D eigenvalue weighted by Crippen LogP contribution is -1.99. The molecule has 0 saturated carbocycles. The highest BCUT2D eigenvalue weighted by molar-refractivity contribution is 5.87. The molecule has 0 atom stereocenters. The summed E-state index contributed by atoms with van der Waals surface area (Å²) < 4.78 is 1.62. The quantitative estimate of drug-likeness (QED) is 0.574. The van der Waals surface area contributed by atoms with Crippen LogP contribution in [0.3, 0.4) is 0 Å². The summed E-state index contributed by atoms with van der Waals surface area (Å²) >= 11 is 0. The Labute approximate surface area is 151 Å². The van der Waals surface area contributed by atoms with E-state index in [1.54, 1.807) is 10.9 Å². The van der Waals surface area contributed by atoms with Crippen molar-refractivity contribution in [3.8, 4) is 27.9 Å². The van der Waals surface area contributed by atoms with Crippen LogP contribution in [-0.2, 0) is 0 Å². The molecule has 0 spiro atoms. The van der Waals surface area contributed by atoms with Gasteiger partial charge in [0.1, 0.15) is 0 Å². The first-order chi connectivity index (χ1) is 12.7. The number of aromatic carboxylic acids is 1. The Kier molecular flexibility index (Phi) is 4.07. The summed E-state index contributed by atoms with van der Waals surface area (Å²) in [6, 6.07) is 26.2. The molecule has 0 unspecified atom stereocenters. The second kappa shape index (κ2) is 6.69. The minimum atomic E-state index is -0.989. The van der Waals surface area contributed by atoms with Crippen LogP contribution in [-0.4, -0.2) is 20.9 Å². The van der Waals surface area contributed by atoms with Gasteiger partial charge in [-0.1, -0.05) is 72.8 Å². The van der Waals surface area contributed by atoms with Crippen molar-refractivity contribution in [3.05, 3.63) is 96.8 Å². The van der Waals surface area contributed by atoms with Crippen molar-refractivity contribution >= 4 is 5.97 Å². The third-order valence-electron chi connectivity index (χ3n) is 4.27. The van der Waals surface area contributed by atoms with Gasteiger partial charge in [-0.25, -0.2) is 9.48 Å². The summed E-state index contributed by atoms with van der Waals surface area (Å²) in [5.74, 6) is -0.989. The molecule has 0 aliphatic carbocycles. The van der Waals surface area contributed by atoms with E-state index >= 15 is 0 Å². The van der Waals surface area contributed by atoms with E-state index in [1.807, 2.05) is 66.7 Å². The zero-order chi connectivity index (χ0) is 17.9. The molecular formula is C22H16N2O2. The van der Waals surface area contributed by atoms with E-state index in [2.05, 4.69) is 17.2 Å². The summed E-state index contributed by atoms with van der Waals surface area (Å²) in [6.45, 7) is 0. The first-order valence-electron chi connectivity index (χ1n) is 8.25. The van der Waals surface area contributed by atoms with Crippen LogP contribution in [0.4, 0.5) is 0 Å². The van der Waals surface area contributed by atoms with Crippen molar-refractivity contribution in [2.24, 2.45) is 0 Å². The molecule has 26 heavy (non-hydrogen) atoms. The Morgan fingerprint density at radius 3 is 2.08 bits per heavy atom. The van der Waals surface area contributed by atoms with E-state index in [9.17, 15) is 9.90 Å². The molecule has 1 heterocycles. The highest BCUT2D eigenvalue weighted by Crippen LogP contribution is 2.31. The fraction of sp³-hybridized carbons (Fsp3) is 0. The molecule has 0 aliphatic rings. The lowest BCUT2D eigenvalue weighted by Gasteiger charge is -2.13.